The van der Waals surface area contributed by atoms with Crippen molar-refractivity contribution in [2.24, 2.45) is 11.3 Å². The molecule has 142 valence electrons. The third kappa shape index (κ3) is 4.01. The van der Waals surface area contributed by atoms with Crippen molar-refractivity contribution in [2.75, 3.05) is 5.32 Å². The fraction of sp³-hybridized carbons (Fsp3) is 0.429. The van der Waals surface area contributed by atoms with Gasteiger partial charge in [0.05, 0.1) is 16.1 Å². The van der Waals surface area contributed by atoms with Crippen molar-refractivity contribution in [3.63, 3.8) is 0 Å². The highest BCUT2D eigenvalue weighted by Gasteiger charge is 2.34. The number of carbonyl (C=O) groups excluding carboxylic acids is 1. The molecule has 1 heterocycles. The van der Waals surface area contributed by atoms with Crippen LogP contribution in [0.25, 0.3) is 0 Å². The third-order valence-corrected chi connectivity index (χ3v) is 7.51. The molecule has 0 saturated carbocycles. The minimum Gasteiger partial charge on any atom is -0.312 e. The minimum absolute atomic E-state index is 0.273. The SMILES string of the molecule is CCC(C)(C)C1CCc2c(sc(NC(=O)c3ccc(Cl)cc3Cl)c2C#N)C1. The number of nitrogens with zero attached hydrogens (tertiary/aromatic N) is 1. The van der Waals surface area contributed by atoms with Crippen molar-refractivity contribution < 1.29 is 4.79 Å². The summed E-state index contributed by atoms with van der Waals surface area (Å²) in [6.45, 7) is 6.85. The number of amides is 1. The molecule has 1 N–H and O–H groups in total. The Balaban J connectivity index is 1.88. The predicted octanol–water partition coefficient (Wildman–Crippen LogP) is 6.72. The summed E-state index contributed by atoms with van der Waals surface area (Å²) in [6, 6.07) is 7.06. The number of anilines is 1. The number of carbonyl (C=O) groups is 1. The van der Waals surface area contributed by atoms with Crippen LogP contribution in [0, 0.1) is 22.7 Å². The molecule has 27 heavy (non-hydrogen) atoms. The first kappa shape index (κ1) is 20.2. The maximum Gasteiger partial charge on any atom is 0.257 e. The quantitative estimate of drug-likeness (QED) is 0.596. The van der Waals surface area contributed by atoms with Gasteiger partial charge in [-0.15, -0.1) is 11.3 Å². The van der Waals surface area contributed by atoms with Crippen LogP contribution in [-0.2, 0) is 12.8 Å². The van der Waals surface area contributed by atoms with E-state index in [2.05, 4.69) is 32.2 Å². The van der Waals surface area contributed by atoms with Crippen molar-refractivity contribution in [3.8, 4) is 6.07 Å². The van der Waals surface area contributed by atoms with Crippen molar-refractivity contribution in [1.29, 1.82) is 5.26 Å². The van der Waals surface area contributed by atoms with E-state index < -0.39 is 0 Å². The van der Waals surface area contributed by atoms with Gasteiger partial charge in [-0.1, -0.05) is 50.4 Å². The highest BCUT2D eigenvalue weighted by atomic mass is 35.5. The van der Waals surface area contributed by atoms with E-state index in [0.717, 1.165) is 31.2 Å². The largest absolute Gasteiger partial charge is 0.312 e. The Bertz CT molecular complexity index is 927. The van der Waals surface area contributed by atoms with Crippen LogP contribution in [0.1, 0.15) is 60.0 Å². The van der Waals surface area contributed by atoms with Crippen LogP contribution in [0.5, 0.6) is 0 Å². The second kappa shape index (κ2) is 7.83. The Morgan fingerprint density at radius 3 is 2.78 bits per heavy atom. The van der Waals surface area contributed by atoms with Crippen molar-refractivity contribution in [3.05, 3.63) is 49.8 Å². The van der Waals surface area contributed by atoms with Gasteiger partial charge in [0.15, 0.2) is 0 Å². The lowest BCUT2D eigenvalue weighted by molar-refractivity contribution is 0.102. The van der Waals surface area contributed by atoms with E-state index in [4.69, 9.17) is 23.2 Å². The number of nitriles is 1. The third-order valence-electron chi connectivity index (χ3n) is 5.80. The molecule has 0 bridgehead atoms. The minimum atomic E-state index is -0.322. The molecule has 0 saturated heterocycles. The summed E-state index contributed by atoms with van der Waals surface area (Å²) in [5, 5.41) is 14.0. The number of nitrogens with one attached hydrogen (secondary N) is 1. The molecule has 3 nitrogen and oxygen atoms in total. The van der Waals surface area contributed by atoms with Crippen molar-refractivity contribution >= 4 is 45.4 Å². The number of benzene rings is 1. The molecule has 1 amide bonds. The maximum absolute atomic E-state index is 12.7. The van der Waals surface area contributed by atoms with Crippen LogP contribution in [0.3, 0.4) is 0 Å². The van der Waals surface area contributed by atoms with E-state index >= 15 is 0 Å². The molecule has 0 aliphatic heterocycles. The van der Waals surface area contributed by atoms with Gasteiger partial charge < -0.3 is 5.32 Å². The van der Waals surface area contributed by atoms with Crippen molar-refractivity contribution in [1.82, 2.24) is 0 Å². The highest BCUT2D eigenvalue weighted by molar-refractivity contribution is 7.16. The molecular formula is C21H22Cl2N2OS. The molecule has 0 spiro atoms. The lowest BCUT2D eigenvalue weighted by Gasteiger charge is -2.36. The summed E-state index contributed by atoms with van der Waals surface area (Å²) >= 11 is 13.6. The molecule has 2 aromatic rings. The molecule has 1 aliphatic rings. The normalized spacial score (nSPS) is 16.5. The second-order valence-electron chi connectivity index (χ2n) is 7.68. The van der Waals surface area contributed by atoms with Gasteiger partial charge in [-0.05, 0) is 54.4 Å². The fourth-order valence-electron chi connectivity index (χ4n) is 3.59. The summed E-state index contributed by atoms with van der Waals surface area (Å²) in [6.07, 6.45) is 4.06. The number of hydrogen-bond acceptors (Lipinski definition) is 3. The summed E-state index contributed by atoms with van der Waals surface area (Å²) in [4.78, 5) is 13.9. The first-order chi connectivity index (χ1) is 12.8. The maximum atomic E-state index is 12.7. The zero-order valence-corrected chi connectivity index (χ0v) is 18.0. The topological polar surface area (TPSA) is 52.9 Å². The fourth-order valence-corrected chi connectivity index (χ4v) is 5.36. The number of fused-ring (bicyclic) bond motifs is 1. The summed E-state index contributed by atoms with van der Waals surface area (Å²) in [7, 11) is 0. The van der Waals surface area contributed by atoms with Gasteiger partial charge in [0, 0.05) is 9.90 Å². The number of rotatable bonds is 4. The predicted molar refractivity (Wildman–Crippen MR) is 113 cm³/mol. The highest BCUT2D eigenvalue weighted by Crippen LogP contribution is 2.45. The van der Waals surface area contributed by atoms with Gasteiger partial charge in [-0.25, -0.2) is 0 Å². The van der Waals surface area contributed by atoms with E-state index in [-0.39, 0.29) is 11.3 Å². The number of thiophene rings is 1. The first-order valence-corrected chi connectivity index (χ1v) is 10.6. The lowest BCUT2D eigenvalue weighted by atomic mass is 9.69. The Kier molecular flexibility index (Phi) is 5.86. The number of halogens is 2. The van der Waals surface area contributed by atoms with Gasteiger partial charge >= 0.3 is 0 Å². The van der Waals surface area contributed by atoms with E-state index in [1.165, 1.54) is 16.2 Å². The van der Waals surface area contributed by atoms with Gasteiger partial charge in [0.25, 0.3) is 5.91 Å². The summed E-state index contributed by atoms with van der Waals surface area (Å²) in [5.41, 5.74) is 2.32. The molecular weight excluding hydrogens is 399 g/mol. The molecule has 0 fully saturated rings. The van der Waals surface area contributed by atoms with Gasteiger partial charge in [0.1, 0.15) is 11.1 Å². The Morgan fingerprint density at radius 1 is 1.41 bits per heavy atom. The lowest BCUT2D eigenvalue weighted by Crippen LogP contribution is -2.28. The summed E-state index contributed by atoms with van der Waals surface area (Å²) in [5.74, 6) is 0.270. The Labute approximate surface area is 174 Å². The smallest absolute Gasteiger partial charge is 0.257 e. The van der Waals surface area contributed by atoms with E-state index in [1.807, 2.05) is 0 Å². The monoisotopic (exact) mass is 420 g/mol. The zero-order chi connectivity index (χ0) is 19.8. The molecule has 1 aromatic heterocycles. The van der Waals surface area contributed by atoms with Gasteiger partial charge in [-0.2, -0.15) is 5.26 Å². The average molecular weight is 421 g/mol. The molecule has 3 rings (SSSR count). The zero-order valence-electron chi connectivity index (χ0n) is 15.7. The van der Waals surface area contributed by atoms with E-state index in [9.17, 15) is 10.1 Å². The standard InChI is InChI=1S/C21H22Cl2N2OS/c1-4-21(2,3)12-5-7-14-16(11-24)20(27-18(14)9-12)25-19(26)15-8-6-13(22)10-17(15)23/h6,8,10,12H,4-5,7,9H2,1-3H3,(H,25,26). The molecule has 1 aliphatic carbocycles. The van der Waals surface area contributed by atoms with Crippen LogP contribution < -0.4 is 5.32 Å². The molecule has 1 atom stereocenters. The molecule has 1 unspecified atom stereocenters. The van der Waals surface area contributed by atoms with Crippen molar-refractivity contribution in [2.45, 2.75) is 46.5 Å². The van der Waals surface area contributed by atoms with Crippen LogP contribution in [0.4, 0.5) is 5.00 Å². The average Bonchev–Trinajstić information content (AvgIpc) is 2.97. The molecule has 0 radical (unpaired) electrons. The second-order valence-corrected chi connectivity index (χ2v) is 9.63. The van der Waals surface area contributed by atoms with Crippen LogP contribution in [0.2, 0.25) is 10.0 Å². The van der Waals surface area contributed by atoms with Crippen LogP contribution in [0.15, 0.2) is 18.2 Å². The molecule has 1 aromatic carbocycles. The van der Waals surface area contributed by atoms with E-state index in [0.29, 0.717) is 32.1 Å². The van der Waals surface area contributed by atoms with Crippen LogP contribution in [-0.4, -0.2) is 5.91 Å². The number of hydrogen-bond donors (Lipinski definition) is 1. The Morgan fingerprint density at radius 2 is 2.15 bits per heavy atom. The Hall–Kier alpha value is -1.54. The molecule has 6 heteroatoms. The van der Waals surface area contributed by atoms with Crippen LogP contribution >= 0.6 is 34.5 Å². The van der Waals surface area contributed by atoms with Gasteiger partial charge in [0.2, 0.25) is 0 Å². The summed E-state index contributed by atoms with van der Waals surface area (Å²) < 4.78 is 0. The first-order valence-electron chi connectivity index (χ1n) is 9.07. The van der Waals surface area contributed by atoms with E-state index in [1.54, 1.807) is 18.2 Å². The van der Waals surface area contributed by atoms with Gasteiger partial charge in [-0.3, -0.25) is 4.79 Å².